The first-order valence-corrected chi connectivity index (χ1v) is 8.89. The van der Waals surface area contributed by atoms with Gasteiger partial charge in [-0.2, -0.15) is 0 Å². The summed E-state index contributed by atoms with van der Waals surface area (Å²) in [6.45, 7) is 5.92. The Morgan fingerprint density at radius 2 is 2.12 bits per heavy atom. The van der Waals surface area contributed by atoms with Crippen molar-refractivity contribution in [1.82, 2.24) is 5.32 Å². The van der Waals surface area contributed by atoms with Crippen molar-refractivity contribution >= 4 is 5.91 Å². The fourth-order valence-electron chi connectivity index (χ4n) is 4.12. The molecule has 1 saturated heterocycles. The summed E-state index contributed by atoms with van der Waals surface area (Å²) in [4.78, 5) is 12.8. The van der Waals surface area contributed by atoms with Crippen LogP contribution in [0.1, 0.15) is 42.1 Å². The Hall–Kier alpha value is -1.79. The van der Waals surface area contributed by atoms with E-state index in [4.69, 9.17) is 14.2 Å². The first kappa shape index (κ1) is 18.0. The van der Waals surface area contributed by atoms with Gasteiger partial charge in [-0.05, 0) is 50.8 Å². The molecule has 0 radical (unpaired) electrons. The number of nitrogens with one attached hydrogen (secondary N) is 1. The molecule has 1 heterocycles. The summed E-state index contributed by atoms with van der Waals surface area (Å²) < 4.78 is 16.6. The summed E-state index contributed by atoms with van der Waals surface area (Å²) in [6, 6.07) is 3.43. The zero-order chi connectivity index (χ0) is 18.0. The Balaban J connectivity index is 1.78. The van der Waals surface area contributed by atoms with Gasteiger partial charge in [-0.15, -0.1) is 0 Å². The topological polar surface area (TPSA) is 77.0 Å². The van der Waals surface area contributed by atoms with Crippen LogP contribution in [0.15, 0.2) is 12.1 Å². The van der Waals surface area contributed by atoms with Gasteiger partial charge in [0.25, 0.3) is 5.91 Å². The van der Waals surface area contributed by atoms with Gasteiger partial charge in [-0.25, -0.2) is 0 Å². The molecule has 6 nitrogen and oxygen atoms in total. The fourth-order valence-corrected chi connectivity index (χ4v) is 4.12. The predicted octanol–water partition coefficient (Wildman–Crippen LogP) is 2.41. The van der Waals surface area contributed by atoms with Crippen molar-refractivity contribution < 1.29 is 24.1 Å². The summed E-state index contributed by atoms with van der Waals surface area (Å²) >= 11 is 0. The van der Waals surface area contributed by atoms with Crippen LogP contribution >= 0.6 is 0 Å². The van der Waals surface area contributed by atoms with Crippen LogP contribution in [0.5, 0.6) is 11.5 Å². The van der Waals surface area contributed by atoms with Gasteiger partial charge in [-0.1, -0.05) is 0 Å². The monoisotopic (exact) mass is 349 g/mol. The third-order valence-electron chi connectivity index (χ3n) is 5.57. The largest absolute Gasteiger partial charge is 0.504 e. The molecule has 2 aliphatic rings. The molecule has 1 spiro atoms. The lowest BCUT2D eigenvalue weighted by atomic mass is 9.57. The third kappa shape index (κ3) is 3.20. The third-order valence-corrected chi connectivity index (χ3v) is 5.57. The van der Waals surface area contributed by atoms with Crippen molar-refractivity contribution in [2.24, 2.45) is 5.41 Å². The molecular weight excluding hydrogens is 322 g/mol. The Morgan fingerprint density at radius 3 is 2.76 bits per heavy atom. The van der Waals surface area contributed by atoms with Crippen LogP contribution in [-0.2, 0) is 9.47 Å². The number of aromatic hydroxyl groups is 1. The molecule has 3 rings (SSSR count). The summed E-state index contributed by atoms with van der Waals surface area (Å²) in [5.74, 6) is -0.0793. The van der Waals surface area contributed by atoms with Crippen LogP contribution in [0, 0.1) is 12.3 Å². The highest BCUT2D eigenvalue weighted by molar-refractivity contribution is 5.98. The lowest BCUT2D eigenvalue weighted by Crippen LogP contribution is -2.66. The normalized spacial score (nSPS) is 24.6. The molecule has 1 saturated carbocycles. The maximum Gasteiger partial charge on any atom is 0.255 e. The average molecular weight is 349 g/mol. The van der Waals surface area contributed by atoms with E-state index >= 15 is 0 Å². The van der Waals surface area contributed by atoms with Crippen LogP contribution in [0.3, 0.4) is 0 Å². The molecule has 2 fully saturated rings. The number of rotatable bonds is 5. The van der Waals surface area contributed by atoms with Crippen molar-refractivity contribution in [2.45, 2.75) is 45.3 Å². The van der Waals surface area contributed by atoms with Gasteiger partial charge < -0.3 is 24.6 Å². The lowest BCUT2D eigenvalue weighted by Gasteiger charge is -2.57. The average Bonchev–Trinajstić information content (AvgIpc) is 2.63. The second-order valence-corrected chi connectivity index (χ2v) is 6.91. The lowest BCUT2D eigenvalue weighted by molar-refractivity contribution is -0.170. The van der Waals surface area contributed by atoms with Crippen molar-refractivity contribution in [3.63, 3.8) is 0 Å². The first-order chi connectivity index (χ1) is 12.0. The number of hydrogen-bond donors (Lipinski definition) is 2. The summed E-state index contributed by atoms with van der Waals surface area (Å²) in [5.41, 5.74) is 1.05. The minimum atomic E-state index is -0.273. The van der Waals surface area contributed by atoms with E-state index in [1.54, 1.807) is 12.1 Å². The number of benzene rings is 1. The molecule has 1 aromatic rings. The van der Waals surface area contributed by atoms with Crippen molar-refractivity contribution in [2.75, 3.05) is 26.9 Å². The standard InChI is InChI=1S/C19H27NO5/c1-4-25-16-11-15(19(16)5-7-24-8-6-19)20-18(22)13-9-12(2)10-14(23-3)17(13)21/h9-10,15-16,21H,4-8,11H2,1-3H3,(H,20,22)/t15-,16+/m0/s1. The summed E-state index contributed by atoms with van der Waals surface area (Å²) in [6.07, 6.45) is 2.72. The number of phenols is 1. The van der Waals surface area contributed by atoms with Crippen LogP contribution < -0.4 is 10.1 Å². The number of methoxy groups -OCH3 is 1. The van der Waals surface area contributed by atoms with E-state index in [-0.39, 0.29) is 34.8 Å². The zero-order valence-corrected chi connectivity index (χ0v) is 15.1. The van der Waals surface area contributed by atoms with E-state index < -0.39 is 0 Å². The molecule has 25 heavy (non-hydrogen) atoms. The van der Waals surface area contributed by atoms with Gasteiger partial charge in [-0.3, -0.25) is 4.79 Å². The first-order valence-electron chi connectivity index (χ1n) is 8.89. The van der Waals surface area contributed by atoms with E-state index in [0.717, 1.165) is 24.8 Å². The van der Waals surface area contributed by atoms with Crippen LogP contribution in [0.2, 0.25) is 0 Å². The summed E-state index contributed by atoms with van der Waals surface area (Å²) in [7, 11) is 1.48. The molecular formula is C19H27NO5. The molecule has 1 aliphatic carbocycles. The van der Waals surface area contributed by atoms with Gasteiger partial charge in [0.1, 0.15) is 0 Å². The molecule has 138 valence electrons. The van der Waals surface area contributed by atoms with Crippen molar-refractivity contribution in [3.05, 3.63) is 23.3 Å². The fraction of sp³-hybridized carbons (Fsp3) is 0.632. The summed E-state index contributed by atoms with van der Waals surface area (Å²) in [5, 5.41) is 13.4. The number of carbonyl (C=O) groups is 1. The van der Waals surface area contributed by atoms with Crippen LogP contribution in [0.25, 0.3) is 0 Å². The van der Waals surface area contributed by atoms with E-state index in [0.29, 0.717) is 25.6 Å². The van der Waals surface area contributed by atoms with Gasteiger partial charge >= 0.3 is 0 Å². The second-order valence-electron chi connectivity index (χ2n) is 6.91. The molecule has 1 aliphatic heterocycles. The number of aryl methyl sites for hydroxylation is 1. The Kier molecular flexibility index (Phi) is 5.20. The SMILES string of the molecule is CCO[C@@H]1C[C@H](NC(=O)c2cc(C)cc(OC)c2O)C12CCOCC2. The molecule has 6 heteroatoms. The molecule has 2 N–H and O–H groups in total. The van der Waals surface area contributed by atoms with Crippen LogP contribution in [0.4, 0.5) is 0 Å². The highest BCUT2D eigenvalue weighted by atomic mass is 16.5. The minimum Gasteiger partial charge on any atom is -0.504 e. The van der Waals surface area contributed by atoms with Crippen LogP contribution in [-0.4, -0.2) is 50.1 Å². The smallest absolute Gasteiger partial charge is 0.255 e. The van der Waals surface area contributed by atoms with Gasteiger partial charge in [0.15, 0.2) is 11.5 Å². The van der Waals surface area contributed by atoms with Gasteiger partial charge in [0.2, 0.25) is 0 Å². The van der Waals surface area contributed by atoms with E-state index in [1.165, 1.54) is 7.11 Å². The highest BCUT2D eigenvalue weighted by Gasteiger charge is 2.56. The number of amides is 1. The Labute approximate surface area is 148 Å². The number of carbonyl (C=O) groups excluding carboxylic acids is 1. The van der Waals surface area contributed by atoms with E-state index in [2.05, 4.69) is 5.32 Å². The molecule has 1 aromatic carbocycles. The zero-order valence-electron chi connectivity index (χ0n) is 15.1. The van der Waals surface area contributed by atoms with Crippen molar-refractivity contribution in [3.8, 4) is 11.5 Å². The van der Waals surface area contributed by atoms with Gasteiger partial charge in [0, 0.05) is 31.3 Å². The molecule has 0 bridgehead atoms. The predicted molar refractivity (Wildman–Crippen MR) is 93.2 cm³/mol. The Bertz CT molecular complexity index is 639. The highest BCUT2D eigenvalue weighted by Crippen LogP contribution is 2.50. The maximum absolute atomic E-state index is 12.8. The van der Waals surface area contributed by atoms with E-state index in [1.807, 2.05) is 13.8 Å². The number of hydrogen-bond acceptors (Lipinski definition) is 5. The Morgan fingerprint density at radius 1 is 1.40 bits per heavy atom. The number of phenolic OH excluding ortho intramolecular Hbond substituents is 1. The molecule has 2 atom stereocenters. The minimum absolute atomic E-state index is 0.0337. The maximum atomic E-state index is 12.8. The number of ether oxygens (including phenoxy) is 3. The second kappa shape index (κ2) is 7.22. The van der Waals surface area contributed by atoms with Crippen molar-refractivity contribution in [1.29, 1.82) is 0 Å². The van der Waals surface area contributed by atoms with Gasteiger partial charge in [0.05, 0.1) is 18.8 Å². The molecule has 1 amide bonds. The van der Waals surface area contributed by atoms with E-state index in [9.17, 15) is 9.90 Å². The molecule has 0 unspecified atom stereocenters. The quantitative estimate of drug-likeness (QED) is 0.854. The molecule has 0 aromatic heterocycles.